The molecule has 36 heavy (non-hydrogen) atoms. The number of anilines is 2. The highest BCUT2D eigenvalue weighted by atomic mass is 35.5. The molecule has 1 heterocycles. The fourth-order valence-electron chi connectivity index (χ4n) is 4.27. The van der Waals surface area contributed by atoms with E-state index in [1.54, 1.807) is 38.2 Å². The van der Waals surface area contributed by atoms with Gasteiger partial charge in [0.15, 0.2) is 0 Å². The molecule has 2 aliphatic rings. The van der Waals surface area contributed by atoms with Gasteiger partial charge >= 0.3 is 0 Å². The fraction of sp³-hybridized carbons (Fsp3) is 0.423. The normalized spacial score (nSPS) is 18.7. The van der Waals surface area contributed by atoms with Gasteiger partial charge in [-0.05, 0) is 19.1 Å². The Balaban J connectivity index is 1.55. The third-order valence-electron chi connectivity index (χ3n) is 6.18. The van der Waals surface area contributed by atoms with Crippen LogP contribution >= 0.6 is 11.6 Å². The van der Waals surface area contributed by atoms with Crippen LogP contribution in [0.25, 0.3) is 0 Å². The first-order chi connectivity index (χ1) is 17.1. The maximum Gasteiger partial charge on any atom is 0.255 e. The SMILES string of the molecule is C/N=C1/C(C(=O)N(C)C)=CC=C/C1=C(/C)NCCN1CCN(c2cc(Cl)c(NC(C)=O)cc2F)CC1. The van der Waals surface area contributed by atoms with Crippen LogP contribution in [0, 0.1) is 5.82 Å². The molecule has 8 nitrogen and oxygen atoms in total. The van der Waals surface area contributed by atoms with Gasteiger partial charge in [0.25, 0.3) is 5.91 Å². The van der Waals surface area contributed by atoms with Crippen LogP contribution in [0.5, 0.6) is 0 Å². The fourth-order valence-corrected chi connectivity index (χ4v) is 4.48. The van der Waals surface area contributed by atoms with Gasteiger partial charge in [0.1, 0.15) is 5.82 Å². The van der Waals surface area contributed by atoms with Gasteiger partial charge < -0.3 is 20.4 Å². The molecule has 2 amide bonds. The predicted octanol–water partition coefficient (Wildman–Crippen LogP) is 3.08. The Bertz CT molecular complexity index is 1130. The monoisotopic (exact) mass is 516 g/mol. The molecule has 0 aromatic heterocycles. The van der Waals surface area contributed by atoms with Crippen LogP contribution in [-0.2, 0) is 9.59 Å². The number of hydrogen-bond acceptors (Lipinski definition) is 6. The predicted molar refractivity (Wildman–Crippen MR) is 144 cm³/mol. The van der Waals surface area contributed by atoms with E-state index in [0.717, 1.165) is 37.4 Å². The number of benzene rings is 1. The van der Waals surface area contributed by atoms with Crippen LogP contribution in [0.4, 0.5) is 15.8 Å². The van der Waals surface area contributed by atoms with Gasteiger partial charge in [0.2, 0.25) is 5.91 Å². The van der Waals surface area contributed by atoms with E-state index in [0.29, 0.717) is 35.1 Å². The van der Waals surface area contributed by atoms with Crippen molar-refractivity contribution >= 4 is 40.5 Å². The number of piperazine rings is 1. The summed E-state index contributed by atoms with van der Waals surface area (Å²) >= 11 is 6.25. The molecule has 1 fully saturated rings. The van der Waals surface area contributed by atoms with Crippen LogP contribution < -0.4 is 15.5 Å². The van der Waals surface area contributed by atoms with Crippen LogP contribution in [0.3, 0.4) is 0 Å². The Labute approximate surface area is 217 Å². The van der Waals surface area contributed by atoms with Gasteiger partial charge in [-0.3, -0.25) is 19.5 Å². The molecule has 0 atom stereocenters. The Hall–Kier alpha value is -3.17. The summed E-state index contributed by atoms with van der Waals surface area (Å²) in [5.74, 6) is -0.782. The maximum absolute atomic E-state index is 14.7. The Morgan fingerprint density at radius 3 is 2.47 bits per heavy atom. The van der Waals surface area contributed by atoms with Gasteiger partial charge in [-0.15, -0.1) is 0 Å². The van der Waals surface area contributed by atoms with E-state index in [2.05, 4.69) is 20.5 Å². The van der Waals surface area contributed by atoms with E-state index in [4.69, 9.17) is 11.6 Å². The molecule has 194 valence electrons. The average molecular weight is 517 g/mol. The summed E-state index contributed by atoms with van der Waals surface area (Å²) in [7, 11) is 5.15. The number of amides is 2. The summed E-state index contributed by atoms with van der Waals surface area (Å²) < 4.78 is 14.7. The molecule has 1 aliphatic heterocycles. The van der Waals surface area contributed by atoms with Crippen molar-refractivity contribution in [2.24, 2.45) is 4.99 Å². The molecular formula is C26H34ClFN6O2. The first-order valence-corrected chi connectivity index (χ1v) is 12.3. The number of aliphatic imine (C=N–C) groups is 1. The number of rotatable bonds is 7. The molecule has 1 aromatic rings. The molecule has 0 unspecified atom stereocenters. The van der Waals surface area contributed by atoms with E-state index < -0.39 is 5.82 Å². The van der Waals surface area contributed by atoms with E-state index >= 15 is 0 Å². The highest BCUT2D eigenvalue weighted by molar-refractivity contribution is 6.34. The minimum Gasteiger partial charge on any atom is -0.387 e. The molecular weight excluding hydrogens is 483 g/mol. The number of carbonyl (C=O) groups is 2. The van der Waals surface area contributed by atoms with Crippen molar-refractivity contribution < 1.29 is 14.0 Å². The second-order valence-electron chi connectivity index (χ2n) is 8.97. The summed E-state index contributed by atoms with van der Waals surface area (Å²) in [6.45, 7) is 7.81. The lowest BCUT2D eigenvalue weighted by atomic mass is 9.94. The van der Waals surface area contributed by atoms with Gasteiger partial charge in [-0.2, -0.15) is 0 Å². The number of nitrogens with zero attached hydrogens (tertiary/aromatic N) is 4. The zero-order valence-electron chi connectivity index (χ0n) is 21.5. The molecule has 0 radical (unpaired) electrons. The van der Waals surface area contributed by atoms with Gasteiger partial charge in [-0.25, -0.2) is 4.39 Å². The third kappa shape index (κ3) is 6.53. The summed E-state index contributed by atoms with van der Waals surface area (Å²) in [5.41, 5.74) is 3.84. The van der Waals surface area contributed by atoms with E-state index in [-0.39, 0.29) is 17.5 Å². The summed E-state index contributed by atoms with van der Waals surface area (Å²) in [5, 5.41) is 6.32. The van der Waals surface area contributed by atoms with Gasteiger partial charge in [0.05, 0.1) is 27.7 Å². The number of hydrogen-bond donors (Lipinski definition) is 2. The average Bonchev–Trinajstić information content (AvgIpc) is 2.85. The van der Waals surface area contributed by atoms with Crippen LogP contribution in [-0.4, -0.2) is 87.7 Å². The molecule has 0 bridgehead atoms. The Kier molecular flexibility index (Phi) is 9.28. The second kappa shape index (κ2) is 12.2. The molecule has 0 spiro atoms. The van der Waals surface area contributed by atoms with Crippen molar-refractivity contribution in [2.75, 3.05) is 70.6 Å². The quantitative estimate of drug-likeness (QED) is 0.582. The van der Waals surface area contributed by atoms with Crippen LogP contribution in [0.1, 0.15) is 13.8 Å². The van der Waals surface area contributed by atoms with Crippen molar-refractivity contribution in [1.29, 1.82) is 0 Å². The topological polar surface area (TPSA) is 80.3 Å². The Morgan fingerprint density at radius 1 is 1.17 bits per heavy atom. The van der Waals surface area contributed by atoms with Crippen molar-refractivity contribution in [3.05, 3.63) is 58.0 Å². The van der Waals surface area contributed by atoms with Crippen molar-refractivity contribution in [3.8, 4) is 0 Å². The van der Waals surface area contributed by atoms with Crippen molar-refractivity contribution in [2.45, 2.75) is 13.8 Å². The van der Waals surface area contributed by atoms with Gasteiger partial charge in [0, 0.05) is 84.7 Å². The lowest BCUT2D eigenvalue weighted by Crippen LogP contribution is -2.48. The smallest absolute Gasteiger partial charge is 0.255 e. The van der Waals surface area contributed by atoms with Crippen LogP contribution in [0.15, 0.2) is 52.2 Å². The molecule has 10 heteroatoms. The first-order valence-electron chi connectivity index (χ1n) is 11.9. The summed E-state index contributed by atoms with van der Waals surface area (Å²) in [6.07, 6.45) is 5.64. The summed E-state index contributed by atoms with van der Waals surface area (Å²) in [4.78, 5) is 34.0. The molecule has 1 saturated heterocycles. The summed E-state index contributed by atoms with van der Waals surface area (Å²) in [6, 6.07) is 2.84. The number of allylic oxidation sites excluding steroid dienone is 5. The lowest BCUT2D eigenvalue weighted by molar-refractivity contribution is -0.124. The molecule has 1 aliphatic carbocycles. The third-order valence-corrected chi connectivity index (χ3v) is 6.49. The highest BCUT2D eigenvalue weighted by Gasteiger charge is 2.24. The molecule has 0 saturated carbocycles. The standard InChI is InChI=1S/C26H34ClFN6O2/c1-17(19-7-6-8-20(25(19)29-3)26(36)32(4)5)30-9-10-33-11-13-34(14-12-33)24-15-21(27)23(16-22(24)28)31-18(2)35/h6-8,15-16,30H,9-14H2,1-5H3,(H,31,35)/b19-17+,29-25+. The second-order valence-corrected chi connectivity index (χ2v) is 9.38. The molecule has 1 aromatic carbocycles. The number of halogens is 2. The van der Waals surface area contributed by atoms with E-state index in [1.807, 2.05) is 24.0 Å². The minimum absolute atomic E-state index is 0.0781. The number of carbonyl (C=O) groups excluding carboxylic acids is 2. The number of likely N-dealkylation sites (N-methyl/N-ethyl adjacent to an activating group) is 1. The van der Waals surface area contributed by atoms with E-state index in [9.17, 15) is 14.0 Å². The Morgan fingerprint density at radius 2 is 1.86 bits per heavy atom. The molecule has 2 N–H and O–H groups in total. The van der Waals surface area contributed by atoms with E-state index in [1.165, 1.54) is 13.0 Å². The lowest BCUT2D eigenvalue weighted by Gasteiger charge is -2.36. The highest BCUT2D eigenvalue weighted by Crippen LogP contribution is 2.31. The number of nitrogens with one attached hydrogen (secondary N) is 2. The van der Waals surface area contributed by atoms with Crippen LogP contribution in [0.2, 0.25) is 5.02 Å². The zero-order valence-corrected chi connectivity index (χ0v) is 22.2. The minimum atomic E-state index is -0.407. The van der Waals surface area contributed by atoms with Gasteiger partial charge in [-0.1, -0.05) is 23.8 Å². The van der Waals surface area contributed by atoms with Crippen molar-refractivity contribution in [1.82, 2.24) is 15.1 Å². The van der Waals surface area contributed by atoms with Crippen molar-refractivity contribution in [3.63, 3.8) is 0 Å². The zero-order chi connectivity index (χ0) is 26.4. The first kappa shape index (κ1) is 27.4. The molecule has 3 rings (SSSR count). The maximum atomic E-state index is 14.7. The largest absolute Gasteiger partial charge is 0.387 e.